The summed E-state index contributed by atoms with van der Waals surface area (Å²) in [4.78, 5) is 3.98. The van der Waals surface area contributed by atoms with Gasteiger partial charge in [-0.3, -0.25) is 0 Å². The third-order valence-electron chi connectivity index (χ3n) is 3.54. The number of nitrogens with one attached hydrogen (secondary N) is 1. The predicted molar refractivity (Wildman–Crippen MR) is 75.2 cm³/mol. The number of nitrogens with zero attached hydrogens (tertiary/aromatic N) is 1. The Kier molecular flexibility index (Phi) is 3.20. The van der Waals surface area contributed by atoms with Crippen molar-refractivity contribution in [3.63, 3.8) is 0 Å². The second kappa shape index (κ2) is 4.99. The van der Waals surface area contributed by atoms with Crippen LogP contribution in [0.4, 0.5) is 5.69 Å². The number of aromatic nitrogens is 1. The molecule has 0 radical (unpaired) electrons. The van der Waals surface area contributed by atoms with Gasteiger partial charge in [0, 0.05) is 24.3 Å². The Bertz CT molecular complexity index is 554. The molecule has 0 amide bonds. The Hall–Kier alpha value is -1.54. The van der Waals surface area contributed by atoms with Gasteiger partial charge in [0.2, 0.25) is 0 Å². The number of hydrogen-bond acceptors (Lipinski definition) is 2. The standard InChI is InChI=1S/C15H15ClN2/c16-15-9-13(7-8-17-15)18-10-12-6-5-11-3-1-2-4-14(11)12/h1-4,7-9,12H,5-6,10H2,(H,17,18)/t12-/m1/s1. The molecule has 92 valence electrons. The van der Waals surface area contributed by atoms with Crippen LogP contribution in [0, 0.1) is 0 Å². The number of anilines is 1. The van der Waals surface area contributed by atoms with Gasteiger partial charge in [-0.1, -0.05) is 35.9 Å². The minimum absolute atomic E-state index is 0.534. The average molecular weight is 259 g/mol. The van der Waals surface area contributed by atoms with Gasteiger partial charge in [-0.25, -0.2) is 4.98 Å². The fourth-order valence-corrected chi connectivity index (χ4v) is 2.78. The van der Waals surface area contributed by atoms with E-state index in [0.717, 1.165) is 12.2 Å². The Morgan fingerprint density at radius 3 is 3.06 bits per heavy atom. The monoisotopic (exact) mass is 258 g/mol. The molecule has 0 fully saturated rings. The lowest BCUT2D eigenvalue weighted by Gasteiger charge is -2.13. The number of fused-ring (bicyclic) bond motifs is 1. The number of rotatable bonds is 3. The summed E-state index contributed by atoms with van der Waals surface area (Å²) in [5.74, 6) is 0.605. The van der Waals surface area contributed by atoms with Crippen LogP contribution in [0.2, 0.25) is 5.15 Å². The summed E-state index contributed by atoms with van der Waals surface area (Å²) in [5, 5.41) is 3.98. The molecular weight excluding hydrogens is 244 g/mol. The van der Waals surface area contributed by atoms with Crippen molar-refractivity contribution in [2.75, 3.05) is 11.9 Å². The lowest BCUT2D eigenvalue weighted by atomic mass is 10.0. The molecule has 1 atom stereocenters. The number of hydrogen-bond donors (Lipinski definition) is 1. The van der Waals surface area contributed by atoms with Crippen LogP contribution < -0.4 is 5.32 Å². The highest BCUT2D eigenvalue weighted by atomic mass is 35.5. The van der Waals surface area contributed by atoms with Gasteiger partial charge in [-0.15, -0.1) is 0 Å². The van der Waals surface area contributed by atoms with E-state index < -0.39 is 0 Å². The number of halogens is 1. The largest absolute Gasteiger partial charge is 0.384 e. The maximum absolute atomic E-state index is 5.87. The van der Waals surface area contributed by atoms with E-state index in [1.165, 1.54) is 24.0 Å². The molecule has 0 saturated heterocycles. The van der Waals surface area contributed by atoms with E-state index in [9.17, 15) is 0 Å². The Morgan fingerprint density at radius 1 is 1.28 bits per heavy atom. The molecule has 3 rings (SSSR count). The van der Waals surface area contributed by atoms with Gasteiger partial charge >= 0.3 is 0 Å². The number of aryl methyl sites for hydroxylation is 1. The van der Waals surface area contributed by atoms with Crippen LogP contribution in [0.25, 0.3) is 0 Å². The van der Waals surface area contributed by atoms with Crippen molar-refractivity contribution < 1.29 is 0 Å². The molecule has 0 bridgehead atoms. The van der Waals surface area contributed by atoms with Crippen molar-refractivity contribution in [3.8, 4) is 0 Å². The zero-order chi connectivity index (χ0) is 12.4. The maximum Gasteiger partial charge on any atom is 0.131 e. The molecule has 1 heterocycles. The molecule has 2 aromatic rings. The van der Waals surface area contributed by atoms with Gasteiger partial charge in [0.05, 0.1) is 0 Å². The van der Waals surface area contributed by atoms with Crippen molar-refractivity contribution in [2.45, 2.75) is 18.8 Å². The first-order valence-electron chi connectivity index (χ1n) is 6.26. The van der Waals surface area contributed by atoms with Crippen LogP contribution in [0.1, 0.15) is 23.5 Å². The van der Waals surface area contributed by atoms with Crippen LogP contribution in [0.5, 0.6) is 0 Å². The minimum atomic E-state index is 0.534. The SMILES string of the molecule is Clc1cc(NC[C@H]2CCc3ccccc32)ccn1. The van der Waals surface area contributed by atoms with Crippen molar-refractivity contribution >= 4 is 17.3 Å². The quantitative estimate of drug-likeness (QED) is 0.846. The second-order valence-electron chi connectivity index (χ2n) is 4.68. The first-order valence-corrected chi connectivity index (χ1v) is 6.64. The Balaban J connectivity index is 1.69. The van der Waals surface area contributed by atoms with Crippen LogP contribution in [-0.2, 0) is 6.42 Å². The molecule has 0 saturated carbocycles. The van der Waals surface area contributed by atoms with Gasteiger partial charge < -0.3 is 5.32 Å². The first-order chi connectivity index (χ1) is 8.83. The summed E-state index contributed by atoms with van der Waals surface area (Å²) in [6.07, 6.45) is 4.15. The Labute approximate surface area is 112 Å². The summed E-state index contributed by atoms with van der Waals surface area (Å²) < 4.78 is 0. The topological polar surface area (TPSA) is 24.9 Å². The normalized spacial score (nSPS) is 17.5. The highest BCUT2D eigenvalue weighted by Gasteiger charge is 2.21. The van der Waals surface area contributed by atoms with Crippen molar-refractivity contribution in [3.05, 3.63) is 58.9 Å². The lowest BCUT2D eigenvalue weighted by molar-refractivity contribution is 0.709. The molecule has 2 nitrogen and oxygen atoms in total. The molecule has 1 N–H and O–H groups in total. The summed E-state index contributed by atoms with van der Waals surface area (Å²) in [5.41, 5.74) is 4.03. The molecule has 1 aromatic carbocycles. The number of benzene rings is 1. The molecule has 18 heavy (non-hydrogen) atoms. The second-order valence-corrected chi connectivity index (χ2v) is 5.07. The summed E-state index contributed by atoms with van der Waals surface area (Å²) >= 11 is 5.87. The molecule has 0 aliphatic heterocycles. The fraction of sp³-hybridized carbons (Fsp3) is 0.267. The fourth-order valence-electron chi connectivity index (χ4n) is 2.61. The zero-order valence-electron chi connectivity index (χ0n) is 10.1. The van der Waals surface area contributed by atoms with E-state index in [2.05, 4.69) is 34.6 Å². The smallest absolute Gasteiger partial charge is 0.131 e. The third kappa shape index (κ3) is 2.34. The van der Waals surface area contributed by atoms with Gasteiger partial charge in [0.1, 0.15) is 5.15 Å². The van der Waals surface area contributed by atoms with E-state index in [1.54, 1.807) is 6.20 Å². The van der Waals surface area contributed by atoms with Crippen molar-refractivity contribution in [1.29, 1.82) is 0 Å². The van der Waals surface area contributed by atoms with E-state index in [1.807, 2.05) is 12.1 Å². The highest BCUT2D eigenvalue weighted by molar-refractivity contribution is 6.29. The third-order valence-corrected chi connectivity index (χ3v) is 3.74. The summed E-state index contributed by atoms with van der Waals surface area (Å²) in [6, 6.07) is 12.5. The van der Waals surface area contributed by atoms with Crippen molar-refractivity contribution in [2.24, 2.45) is 0 Å². The van der Waals surface area contributed by atoms with Crippen LogP contribution >= 0.6 is 11.6 Å². The lowest BCUT2D eigenvalue weighted by Crippen LogP contribution is -2.10. The van der Waals surface area contributed by atoms with Crippen LogP contribution in [-0.4, -0.2) is 11.5 Å². The molecule has 0 unspecified atom stereocenters. The van der Waals surface area contributed by atoms with E-state index >= 15 is 0 Å². The molecule has 1 aliphatic carbocycles. The molecule has 0 spiro atoms. The van der Waals surface area contributed by atoms with E-state index in [0.29, 0.717) is 11.1 Å². The number of pyridine rings is 1. The van der Waals surface area contributed by atoms with E-state index in [-0.39, 0.29) is 0 Å². The molecule has 1 aliphatic rings. The van der Waals surface area contributed by atoms with Gasteiger partial charge in [0.15, 0.2) is 0 Å². The summed E-state index contributed by atoms with van der Waals surface area (Å²) in [7, 11) is 0. The average Bonchev–Trinajstić information content (AvgIpc) is 2.80. The predicted octanol–water partition coefficient (Wildman–Crippen LogP) is 3.88. The van der Waals surface area contributed by atoms with Crippen LogP contribution in [0.15, 0.2) is 42.6 Å². The molecule has 3 heteroatoms. The van der Waals surface area contributed by atoms with Gasteiger partial charge in [-0.05, 0) is 36.1 Å². The van der Waals surface area contributed by atoms with Crippen molar-refractivity contribution in [1.82, 2.24) is 4.98 Å². The molecule has 1 aromatic heterocycles. The van der Waals surface area contributed by atoms with Gasteiger partial charge in [-0.2, -0.15) is 0 Å². The minimum Gasteiger partial charge on any atom is -0.384 e. The zero-order valence-corrected chi connectivity index (χ0v) is 10.8. The summed E-state index contributed by atoms with van der Waals surface area (Å²) in [6.45, 7) is 0.956. The molecular formula is C15H15ClN2. The Morgan fingerprint density at radius 2 is 2.17 bits per heavy atom. The highest BCUT2D eigenvalue weighted by Crippen LogP contribution is 2.32. The van der Waals surface area contributed by atoms with Gasteiger partial charge in [0.25, 0.3) is 0 Å². The maximum atomic E-state index is 5.87. The van der Waals surface area contributed by atoms with Crippen LogP contribution in [0.3, 0.4) is 0 Å². The first kappa shape index (κ1) is 11.5. The van der Waals surface area contributed by atoms with E-state index in [4.69, 9.17) is 11.6 Å².